The number of benzene rings is 3. The maximum absolute atomic E-state index is 13.1. The lowest BCUT2D eigenvalue weighted by Gasteiger charge is -2.31. The van der Waals surface area contributed by atoms with Gasteiger partial charge in [0.05, 0.1) is 41.7 Å². The fraction of sp³-hybridized carbons (Fsp3) is 0.217. The number of hydrogen-bond donors (Lipinski definition) is 2. The molecule has 9 heteroatoms. The summed E-state index contributed by atoms with van der Waals surface area (Å²) in [5.41, 5.74) is 0.870. The van der Waals surface area contributed by atoms with Crippen molar-refractivity contribution in [1.29, 1.82) is 5.26 Å². The number of fused-ring (bicyclic) bond motifs is 1. The number of sulfonamides is 1. The van der Waals surface area contributed by atoms with Crippen LogP contribution in [0.15, 0.2) is 65.6 Å². The third-order valence-electron chi connectivity index (χ3n) is 5.57. The fourth-order valence-electron chi connectivity index (χ4n) is 3.81. The predicted molar refractivity (Wildman–Crippen MR) is 123 cm³/mol. The van der Waals surface area contributed by atoms with Crippen LogP contribution in [0.3, 0.4) is 0 Å². The molecular formula is C23H22ClN4O3S+. The molecule has 1 amide bonds. The Balaban J connectivity index is 1.35. The summed E-state index contributed by atoms with van der Waals surface area (Å²) in [5.74, 6) is -0.188. The number of nitrogens with one attached hydrogen (secondary N) is 2. The Hall–Kier alpha value is -2.96. The van der Waals surface area contributed by atoms with Gasteiger partial charge in [-0.3, -0.25) is 4.79 Å². The van der Waals surface area contributed by atoms with Crippen LogP contribution in [0, 0.1) is 11.3 Å². The van der Waals surface area contributed by atoms with E-state index in [1.807, 2.05) is 36.4 Å². The number of carbonyl (C=O) groups is 1. The maximum Gasteiger partial charge on any atom is 0.279 e. The summed E-state index contributed by atoms with van der Waals surface area (Å²) in [5, 5.41) is 13.9. The third-order valence-corrected chi connectivity index (χ3v) is 7.78. The Morgan fingerprint density at radius 2 is 1.78 bits per heavy atom. The van der Waals surface area contributed by atoms with Crippen LogP contribution in [0.1, 0.15) is 5.56 Å². The highest BCUT2D eigenvalue weighted by atomic mass is 35.5. The van der Waals surface area contributed by atoms with Crippen molar-refractivity contribution in [3.05, 3.63) is 71.2 Å². The number of nitrogens with zero attached hydrogens (tertiary/aromatic N) is 2. The molecule has 0 bridgehead atoms. The molecule has 1 fully saturated rings. The van der Waals surface area contributed by atoms with E-state index in [9.17, 15) is 13.2 Å². The first kappa shape index (κ1) is 22.2. The van der Waals surface area contributed by atoms with E-state index >= 15 is 0 Å². The van der Waals surface area contributed by atoms with Crippen molar-refractivity contribution in [1.82, 2.24) is 4.31 Å². The quantitative estimate of drug-likeness (QED) is 0.596. The number of quaternary nitrogens is 1. The number of halogens is 1. The van der Waals surface area contributed by atoms with Crippen LogP contribution in [-0.2, 0) is 14.8 Å². The second-order valence-corrected chi connectivity index (χ2v) is 10.0. The first-order chi connectivity index (χ1) is 15.4. The zero-order chi connectivity index (χ0) is 22.7. The topological polar surface area (TPSA) is 94.7 Å². The highest BCUT2D eigenvalue weighted by molar-refractivity contribution is 7.89. The van der Waals surface area contributed by atoms with E-state index in [2.05, 4.69) is 5.32 Å². The predicted octanol–water partition coefficient (Wildman–Crippen LogP) is 1.89. The van der Waals surface area contributed by atoms with Gasteiger partial charge in [0.25, 0.3) is 5.91 Å². The lowest BCUT2D eigenvalue weighted by Crippen LogP contribution is -3.15. The molecule has 0 aliphatic carbocycles. The number of piperazine rings is 1. The molecule has 1 saturated heterocycles. The summed E-state index contributed by atoms with van der Waals surface area (Å²) in [6, 6.07) is 19.5. The smallest absolute Gasteiger partial charge is 0.279 e. The Bertz CT molecular complexity index is 1310. The summed E-state index contributed by atoms with van der Waals surface area (Å²) in [6.45, 7) is 1.99. The number of rotatable bonds is 5. The van der Waals surface area contributed by atoms with Crippen LogP contribution in [-0.4, -0.2) is 51.4 Å². The lowest BCUT2D eigenvalue weighted by molar-refractivity contribution is -0.895. The molecule has 0 aromatic heterocycles. The summed E-state index contributed by atoms with van der Waals surface area (Å²) in [4.78, 5) is 13.7. The molecule has 164 valence electrons. The van der Waals surface area contributed by atoms with Gasteiger partial charge < -0.3 is 10.2 Å². The highest BCUT2D eigenvalue weighted by Crippen LogP contribution is 2.22. The monoisotopic (exact) mass is 469 g/mol. The molecule has 3 aromatic carbocycles. The summed E-state index contributed by atoms with van der Waals surface area (Å²) >= 11 is 6.00. The van der Waals surface area contributed by atoms with Crippen LogP contribution in [0.4, 0.5) is 5.69 Å². The highest BCUT2D eigenvalue weighted by Gasteiger charge is 2.31. The second kappa shape index (κ2) is 9.27. The molecule has 0 spiro atoms. The summed E-state index contributed by atoms with van der Waals surface area (Å²) in [7, 11) is -3.59. The minimum absolute atomic E-state index is 0.188. The normalized spacial score (nSPS) is 15.4. The Morgan fingerprint density at radius 1 is 1.06 bits per heavy atom. The number of amides is 1. The van der Waals surface area contributed by atoms with Crippen molar-refractivity contribution >= 4 is 44.0 Å². The zero-order valence-corrected chi connectivity index (χ0v) is 18.8. The van der Waals surface area contributed by atoms with Gasteiger partial charge in [-0.15, -0.1) is 0 Å². The van der Waals surface area contributed by atoms with Gasteiger partial charge in [-0.1, -0.05) is 41.9 Å². The Morgan fingerprint density at radius 3 is 2.47 bits per heavy atom. The molecule has 1 heterocycles. The molecule has 0 unspecified atom stereocenters. The average Bonchev–Trinajstić information content (AvgIpc) is 2.79. The van der Waals surface area contributed by atoms with Crippen molar-refractivity contribution in [2.24, 2.45) is 0 Å². The van der Waals surface area contributed by atoms with Crippen molar-refractivity contribution < 1.29 is 18.1 Å². The minimum atomic E-state index is -3.59. The van der Waals surface area contributed by atoms with Crippen LogP contribution < -0.4 is 10.2 Å². The van der Waals surface area contributed by atoms with Gasteiger partial charge in [0.15, 0.2) is 6.54 Å². The molecule has 0 radical (unpaired) electrons. The SMILES string of the molecule is N#Cc1ccc(NC(=O)C[NH+]2CCN(S(=O)(=O)c3ccc4ccccc4c3)CC2)cc1Cl. The van der Waals surface area contributed by atoms with Gasteiger partial charge in [-0.25, -0.2) is 8.42 Å². The van der Waals surface area contributed by atoms with Crippen LogP contribution in [0.25, 0.3) is 10.8 Å². The van der Waals surface area contributed by atoms with Crippen LogP contribution in [0.5, 0.6) is 0 Å². The number of anilines is 1. The standard InChI is InChI=1S/C23H21ClN4O3S/c24-22-14-20(7-5-19(22)15-25)26-23(29)16-27-9-11-28(12-10-27)32(30,31)21-8-6-17-3-1-2-4-18(17)13-21/h1-8,13-14H,9-12,16H2,(H,26,29)/p+1. The molecular weight excluding hydrogens is 448 g/mol. The van der Waals surface area contributed by atoms with Crippen molar-refractivity contribution in [2.45, 2.75) is 4.90 Å². The zero-order valence-electron chi connectivity index (χ0n) is 17.2. The van der Waals surface area contributed by atoms with E-state index in [0.29, 0.717) is 37.4 Å². The van der Waals surface area contributed by atoms with Gasteiger partial charge in [0.1, 0.15) is 6.07 Å². The second-order valence-electron chi connectivity index (χ2n) is 7.69. The fourth-order valence-corrected chi connectivity index (χ4v) is 5.51. The van der Waals surface area contributed by atoms with Crippen LogP contribution in [0.2, 0.25) is 5.02 Å². The molecule has 0 saturated carbocycles. The average molecular weight is 470 g/mol. The van der Waals surface area contributed by atoms with Crippen molar-refractivity contribution in [3.8, 4) is 6.07 Å². The molecule has 7 nitrogen and oxygen atoms in total. The lowest BCUT2D eigenvalue weighted by atomic mass is 10.1. The number of carbonyl (C=O) groups excluding carboxylic acids is 1. The molecule has 1 aliphatic rings. The number of nitriles is 1. The van der Waals surface area contributed by atoms with E-state index < -0.39 is 10.0 Å². The summed E-state index contributed by atoms with van der Waals surface area (Å²) in [6.07, 6.45) is 0. The van der Waals surface area contributed by atoms with Gasteiger partial charge in [0.2, 0.25) is 10.0 Å². The first-order valence-electron chi connectivity index (χ1n) is 10.2. The molecule has 0 atom stereocenters. The van der Waals surface area contributed by atoms with Gasteiger partial charge >= 0.3 is 0 Å². The van der Waals surface area contributed by atoms with E-state index in [0.717, 1.165) is 15.7 Å². The van der Waals surface area contributed by atoms with E-state index in [-0.39, 0.29) is 22.4 Å². The van der Waals surface area contributed by atoms with E-state index in [1.165, 1.54) is 4.31 Å². The van der Waals surface area contributed by atoms with E-state index in [4.69, 9.17) is 16.9 Å². The largest absolute Gasteiger partial charge is 0.325 e. The van der Waals surface area contributed by atoms with Crippen molar-refractivity contribution in [2.75, 3.05) is 38.0 Å². The minimum Gasteiger partial charge on any atom is -0.325 e. The molecule has 3 aromatic rings. The maximum atomic E-state index is 13.1. The Kier molecular flexibility index (Phi) is 6.44. The molecule has 32 heavy (non-hydrogen) atoms. The summed E-state index contributed by atoms with van der Waals surface area (Å²) < 4.78 is 27.7. The van der Waals surface area contributed by atoms with E-state index in [1.54, 1.807) is 30.3 Å². The van der Waals surface area contributed by atoms with Crippen LogP contribution >= 0.6 is 11.6 Å². The van der Waals surface area contributed by atoms with Gasteiger partial charge in [-0.2, -0.15) is 9.57 Å². The molecule has 2 N–H and O–H groups in total. The third kappa shape index (κ3) is 4.76. The van der Waals surface area contributed by atoms with Gasteiger partial charge in [0, 0.05) is 5.69 Å². The molecule has 4 rings (SSSR count). The first-order valence-corrected chi connectivity index (χ1v) is 12.0. The van der Waals surface area contributed by atoms with Crippen molar-refractivity contribution in [3.63, 3.8) is 0 Å². The van der Waals surface area contributed by atoms with Gasteiger partial charge in [-0.05, 0) is 41.1 Å². The number of hydrogen-bond acceptors (Lipinski definition) is 4. The molecule has 1 aliphatic heterocycles. The Labute approximate surface area is 191 Å².